The number of aromatic nitrogens is 3. The van der Waals surface area contributed by atoms with Crippen molar-refractivity contribution in [3.8, 4) is 0 Å². The predicted molar refractivity (Wildman–Crippen MR) is 38.5 cm³/mol. The number of halogens is 2. The Kier molecular flexibility index (Phi) is 2.72. The van der Waals surface area contributed by atoms with E-state index in [9.17, 15) is 8.78 Å². The number of rotatable bonds is 3. The predicted octanol–water partition coefficient (Wildman–Crippen LogP) is -0.362. The Morgan fingerprint density at radius 2 is 2.46 bits per heavy atom. The van der Waals surface area contributed by atoms with E-state index in [1.54, 1.807) is 0 Å². The first-order valence-corrected chi connectivity index (χ1v) is 3.29. The highest BCUT2D eigenvalue weighted by molar-refractivity contribution is 5.93. The summed E-state index contributed by atoms with van der Waals surface area (Å²) in [7, 11) is 0. The van der Waals surface area contributed by atoms with Gasteiger partial charge in [0.05, 0.1) is 0 Å². The molecule has 3 N–H and O–H groups in total. The quantitative estimate of drug-likeness (QED) is 0.295. The van der Waals surface area contributed by atoms with Crippen LogP contribution >= 0.6 is 0 Å². The van der Waals surface area contributed by atoms with Crippen molar-refractivity contribution in [2.24, 2.45) is 10.9 Å². The molecule has 0 aliphatic heterocycles. The third-order valence-corrected chi connectivity index (χ3v) is 1.20. The van der Waals surface area contributed by atoms with Crippen molar-refractivity contribution in [2.45, 2.75) is 13.0 Å². The molecule has 0 radical (unpaired) electrons. The molecule has 1 rings (SSSR count). The summed E-state index contributed by atoms with van der Waals surface area (Å²) in [6.45, 7) is -0.564. The molecule has 0 amide bonds. The second kappa shape index (κ2) is 3.78. The number of nitrogens with zero attached hydrogens (tertiary/aromatic N) is 4. The van der Waals surface area contributed by atoms with Crippen LogP contribution in [0.5, 0.6) is 0 Å². The third kappa shape index (κ3) is 2.36. The third-order valence-electron chi connectivity index (χ3n) is 1.20. The molecule has 0 atom stereocenters. The summed E-state index contributed by atoms with van der Waals surface area (Å²) in [5.74, 6) is -0.392. The van der Waals surface area contributed by atoms with E-state index in [4.69, 9.17) is 10.9 Å². The van der Waals surface area contributed by atoms with Gasteiger partial charge in [-0.3, -0.25) is 0 Å². The Bertz CT molecular complexity index is 310. The maximum Gasteiger partial charge on any atom is 0.257 e. The lowest BCUT2D eigenvalue weighted by atomic mass is 10.6. The van der Waals surface area contributed by atoms with Crippen molar-refractivity contribution in [3.63, 3.8) is 0 Å². The highest BCUT2D eigenvalue weighted by atomic mass is 19.3. The van der Waals surface area contributed by atoms with E-state index in [1.165, 1.54) is 0 Å². The minimum Gasteiger partial charge on any atom is -0.409 e. The normalized spacial score (nSPS) is 12.4. The first-order valence-electron chi connectivity index (χ1n) is 3.29. The van der Waals surface area contributed by atoms with Gasteiger partial charge in [0.1, 0.15) is 12.9 Å². The molecule has 0 aliphatic carbocycles. The van der Waals surface area contributed by atoms with E-state index >= 15 is 0 Å². The minimum absolute atomic E-state index is 0.0804. The number of alkyl halides is 2. The fourth-order valence-corrected chi connectivity index (χ4v) is 0.686. The highest BCUT2D eigenvalue weighted by Crippen LogP contribution is 1.97. The molecular formula is C5H7F2N5O. The van der Waals surface area contributed by atoms with Crippen molar-refractivity contribution in [1.29, 1.82) is 0 Å². The van der Waals surface area contributed by atoms with Crippen molar-refractivity contribution in [2.75, 3.05) is 0 Å². The molecule has 0 spiro atoms. The topological polar surface area (TPSA) is 89.3 Å². The van der Waals surface area contributed by atoms with Crippen LogP contribution in [0.15, 0.2) is 11.5 Å². The second-order valence-corrected chi connectivity index (χ2v) is 2.17. The summed E-state index contributed by atoms with van der Waals surface area (Å²) in [4.78, 5) is 3.54. The Hall–Kier alpha value is -1.73. The Labute approximate surface area is 71.7 Å². The van der Waals surface area contributed by atoms with Crippen LogP contribution in [-0.2, 0) is 6.54 Å². The molecule has 1 aromatic rings. The van der Waals surface area contributed by atoms with Gasteiger partial charge in [-0.25, -0.2) is 18.4 Å². The zero-order valence-electron chi connectivity index (χ0n) is 6.43. The van der Waals surface area contributed by atoms with E-state index in [1.807, 2.05) is 0 Å². The lowest BCUT2D eigenvalue weighted by Gasteiger charge is -1.96. The van der Waals surface area contributed by atoms with Gasteiger partial charge in [0.2, 0.25) is 11.7 Å². The zero-order valence-corrected chi connectivity index (χ0v) is 6.43. The maximum absolute atomic E-state index is 11.8. The van der Waals surface area contributed by atoms with Crippen LogP contribution in [0.25, 0.3) is 0 Å². The van der Waals surface area contributed by atoms with Gasteiger partial charge in [0.15, 0.2) is 0 Å². The van der Waals surface area contributed by atoms with Gasteiger partial charge < -0.3 is 10.9 Å². The van der Waals surface area contributed by atoms with Gasteiger partial charge in [0, 0.05) is 0 Å². The number of oxime groups is 1. The average molecular weight is 191 g/mol. The first-order chi connectivity index (χ1) is 6.13. The van der Waals surface area contributed by atoms with Crippen molar-refractivity contribution in [3.05, 3.63) is 12.2 Å². The Balaban J connectivity index is 2.75. The van der Waals surface area contributed by atoms with Crippen LogP contribution in [0.3, 0.4) is 0 Å². The molecule has 1 heterocycles. The fraction of sp³-hybridized carbons (Fsp3) is 0.400. The maximum atomic E-state index is 11.8. The van der Waals surface area contributed by atoms with Crippen LogP contribution in [-0.4, -0.2) is 32.2 Å². The molecule has 0 saturated carbocycles. The summed E-state index contributed by atoms with van der Waals surface area (Å²) < 4.78 is 24.5. The number of hydrogen-bond acceptors (Lipinski definition) is 4. The number of amidine groups is 1. The smallest absolute Gasteiger partial charge is 0.257 e. The fourth-order valence-electron chi connectivity index (χ4n) is 0.686. The lowest BCUT2D eigenvalue weighted by molar-refractivity contribution is 0.121. The van der Waals surface area contributed by atoms with Gasteiger partial charge in [0.25, 0.3) is 6.43 Å². The SMILES string of the molecule is NC(=NO)c1ncn(CC(F)F)n1. The largest absolute Gasteiger partial charge is 0.409 e. The second-order valence-electron chi connectivity index (χ2n) is 2.17. The van der Waals surface area contributed by atoms with Crippen molar-refractivity contribution < 1.29 is 14.0 Å². The molecule has 13 heavy (non-hydrogen) atoms. The van der Waals surface area contributed by atoms with Crippen LogP contribution in [0, 0.1) is 0 Å². The monoisotopic (exact) mass is 191 g/mol. The van der Waals surface area contributed by atoms with Gasteiger partial charge in [-0.1, -0.05) is 5.16 Å². The molecule has 72 valence electrons. The van der Waals surface area contributed by atoms with E-state index < -0.39 is 13.0 Å². The van der Waals surface area contributed by atoms with Crippen LogP contribution in [0.1, 0.15) is 5.82 Å². The highest BCUT2D eigenvalue weighted by Gasteiger charge is 2.09. The van der Waals surface area contributed by atoms with E-state index in [2.05, 4.69) is 15.2 Å². The van der Waals surface area contributed by atoms with Crippen LogP contribution in [0.2, 0.25) is 0 Å². The molecule has 1 aromatic heterocycles. The Morgan fingerprint density at radius 1 is 1.77 bits per heavy atom. The van der Waals surface area contributed by atoms with Gasteiger partial charge in [-0.05, 0) is 0 Å². The number of hydrogen-bond donors (Lipinski definition) is 2. The summed E-state index contributed by atoms with van der Waals surface area (Å²) in [6.07, 6.45) is -1.43. The molecule has 0 unspecified atom stereocenters. The van der Waals surface area contributed by atoms with E-state index in [-0.39, 0.29) is 11.7 Å². The average Bonchev–Trinajstić information content (AvgIpc) is 2.50. The molecule has 0 saturated heterocycles. The van der Waals surface area contributed by atoms with Crippen LogP contribution < -0.4 is 5.73 Å². The lowest BCUT2D eigenvalue weighted by Crippen LogP contribution is -2.16. The summed E-state index contributed by atoms with van der Waals surface area (Å²) in [6, 6.07) is 0. The first kappa shape index (κ1) is 9.36. The molecular weight excluding hydrogens is 184 g/mol. The van der Waals surface area contributed by atoms with Crippen molar-refractivity contribution in [1.82, 2.24) is 14.8 Å². The summed E-state index contributed by atoms with van der Waals surface area (Å²) in [5, 5.41) is 14.4. The zero-order chi connectivity index (χ0) is 9.84. The molecule has 0 aliphatic rings. The molecule has 6 nitrogen and oxygen atoms in total. The van der Waals surface area contributed by atoms with Gasteiger partial charge in [-0.15, -0.1) is 5.10 Å². The minimum atomic E-state index is -2.51. The van der Waals surface area contributed by atoms with E-state index in [0.29, 0.717) is 0 Å². The van der Waals surface area contributed by atoms with Crippen molar-refractivity contribution >= 4 is 5.84 Å². The molecule has 0 bridgehead atoms. The van der Waals surface area contributed by atoms with Gasteiger partial charge in [-0.2, -0.15) is 0 Å². The Morgan fingerprint density at radius 3 is 3.00 bits per heavy atom. The number of nitrogens with two attached hydrogens (primary N) is 1. The molecule has 0 aromatic carbocycles. The molecule has 0 fully saturated rings. The summed E-state index contributed by atoms with van der Waals surface area (Å²) in [5.41, 5.74) is 5.11. The van der Waals surface area contributed by atoms with Gasteiger partial charge >= 0.3 is 0 Å². The molecule has 8 heteroatoms. The van der Waals surface area contributed by atoms with Crippen LogP contribution in [0.4, 0.5) is 8.78 Å². The standard InChI is InChI=1S/C5H7F2N5O/c6-3(7)1-12-2-9-5(10-12)4(8)11-13/h2-3,13H,1H2,(H2,8,11). The van der Waals surface area contributed by atoms with E-state index in [0.717, 1.165) is 11.0 Å². The summed E-state index contributed by atoms with van der Waals surface area (Å²) >= 11 is 0.